The van der Waals surface area contributed by atoms with Gasteiger partial charge in [-0.3, -0.25) is 9.59 Å². The number of β-amino-alcohol motifs (C(OH)–C–C–N with tert-alkyl or cyclic N) is 1. The van der Waals surface area contributed by atoms with E-state index >= 15 is 0 Å². The molecule has 314 valence electrons. The molecule has 0 saturated carbocycles. The van der Waals surface area contributed by atoms with Gasteiger partial charge >= 0.3 is 0 Å². The molecule has 2 fully saturated rings. The Morgan fingerprint density at radius 3 is 2.58 bits per heavy atom. The number of nitrogens with zero attached hydrogens (tertiary/aromatic N) is 6. The number of hydrogen-bond acceptors (Lipinski definition) is 12. The number of aliphatic hydroxyl groups excluding tert-OH is 1. The number of aromatic hydroxyl groups is 1. The molecule has 4 N–H and O–H groups in total. The number of nitrogens with one attached hydrogen (secondary N) is 2. The highest BCUT2D eigenvalue weighted by atomic mass is 32.1. The van der Waals surface area contributed by atoms with E-state index < -0.39 is 18.1 Å². The van der Waals surface area contributed by atoms with Crippen LogP contribution in [0.15, 0.2) is 76.9 Å². The lowest BCUT2D eigenvalue weighted by atomic mass is 9.89. The number of ether oxygens (including phenoxy) is 1. The van der Waals surface area contributed by atoms with Gasteiger partial charge in [0.15, 0.2) is 11.4 Å². The van der Waals surface area contributed by atoms with Crippen LogP contribution in [0.2, 0.25) is 0 Å². The Hall–Kier alpha value is -5.64. The van der Waals surface area contributed by atoms with Crippen molar-refractivity contribution in [3.05, 3.63) is 95.0 Å². The average molecular weight is 833 g/mol. The smallest absolute Gasteiger partial charge is 0.254 e. The number of para-hydroxylation sites is 1. The second kappa shape index (κ2) is 17.9. The fraction of sp³-hybridized carbons (Fsp3) is 0.422. The van der Waals surface area contributed by atoms with Gasteiger partial charge in [0.05, 0.1) is 40.5 Å². The summed E-state index contributed by atoms with van der Waals surface area (Å²) in [5, 5.41) is 38.0. The zero-order valence-corrected chi connectivity index (χ0v) is 35.2. The van der Waals surface area contributed by atoms with Gasteiger partial charge in [0.2, 0.25) is 11.8 Å². The summed E-state index contributed by atoms with van der Waals surface area (Å²) >= 11 is 1.59. The second-order valence-electron chi connectivity index (χ2n) is 16.4. The number of carbonyl (C=O) groups excluding carboxylic acids is 2. The van der Waals surface area contributed by atoms with Gasteiger partial charge in [-0.25, -0.2) is 4.98 Å². The summed E-state index contributed by atoms with van der Waals surface area (Å²) in [5.74, 6) is -0.227. The standard InChI is InChI=1S/C45H52N8O6S/c1-26(2)41(45(57)53-24-32(54)20-37(53)44(56)48-27(3)29-10-12-31(13-11-29)42-28(4)47-25-60-42)39-22-40(51-59-39)58-19-7-16-52-17-14-30(15-18-52)35-23-46-43-34(35)21-36(49-50-43)33-8-5-6-9-38(33)55/h5-6,8-13,21-23,25-27,30,32,37,41,54-55H,7,14-20,24H2,1-4H3,(H,46,50)(H,48,56)/t27-,32+,37-,41+/m0/s1. The molecule has 2 aliphatic heterocycles. The Morgan fingerprint density at radius 1 is 1.07 bits per heavy atom. The lowest BCUT2D eigenvalue weighted by molar-refractivity contribution is -0.141. The van der Waals surface area contributed by atoms with Crippen LogP contribution in [0.4, 0.5) is 0 Å². The lowest BCUT2D eigenvalue weighted by Crippen LogP contribution is -2.48. The van der Waals surface area contributed by atoms with E-state index in [2.05, 4.69) is 35.5 Å². The number of amides is 2. The number of aliphatic hydroxyl groups is 1. The molecule has 0 bridgehead atoms. The largest absolute Gasteiger partial charge is 0.507 e. The van der Waals surface area contributed by atoms with Gasteiger partial charge < -0.3 is 39.6 Å². The fourth-order valence-electron chi connectivity index (χ4n) is 8.64. The van der Waals surface area contributed by atoms with Gasteiger partial charge in [-0.15, -0.1) is 21.5 Å². The SMILES string of the molecule is Cc1ncsc1-c1ccc([C@H](C)NC(=O)[C@@H]2C[C@@H](O)CN2C(=O)[C@@H](c2cc(OCCCN3CCC(c4c[nH]c5nnc(-c6ccccc6O)cc45)CC3)no2)C(C)C)cc1. The third-order valence-corrected chi connectivity index (χ3v) is 12.9. The number of aromatic nitrogens is 5. The molecule has 4 atom stereocenters. The van der Waals surface area contributed by atoms with E-state index in [1.165, 1.54) is 10.5 Å². The first-order valence-electron chi connectivity index (χ1n) is 20.8. The molecule has 0 aliphatic carbocycles. The van der Waals surface area contributed by atoms with Gasteiger partial charge in [0.1, 0.15) is 17.7 Å². The van der Waals surface area contributed by atoms with Gasteiger partial charge in [-0.1, -0.05) is 50.2 Å². The average Bonchev–Trinajstić information content (AvgIpc) is 4.07. The predicted octanol–water partition coefficient (Wildman–Crippen LogP) is 6.98. The number of benzene rings is 2. The molecule has 6 aromatic rings. The molecule has 0 spiro atoms. The van der Waals surface area contributed by atoms with Crippen molar-refractivity contribution >= 4 is 34.2 Å². The molecule has 2 aliphatic rings. The number of likely N-dealkylation sites (tertiary alicyclic amines) is 2. The maximum atomic E-state index is 14.2. The van der Waals surface area contributed by atoms with E-state index in [4.69, 9.17) is 9.26 Å². The molecule has 6 heterocycles. The zero-order valence-electron chi connectivity index (χ0n) is 34.4. The summed E-state index contributed by atoms with van der Waals surface area (Å²) in [6.07, 6.45) is 4.20. The third-order valence-electron chi connectivity index (χ3n) is 11.9. The van der Waals surface area contributed by atoms with Crippen molar-refractivity contribution in [3.63, 3.8) is 0 Å². The molecule has 0 unspecified atom stereocenters. The number of fused-ring (bicyclic) bond motifs is 1. The Kier molecular flexibility index (Phi) is 12.3. The van der Waals surface area contributed by atoms with Crippen molar-refractivity contribution < 1.29 is 29.1 Å². The van der Waals surface area contributed by atoms with Gasteiger partial charge in [0.25, 0.3) is 5.88 Å². The van der Waals surface area contributed by atoms with E-state index in [9.17, 15) is 19.8 Å². The summed E-state index contributed by atoms with van der Waals surface area (Å²) in [5.41, 5.74) is 8.11. The Morgan fingerprint density at radius 2 is 1.85 bits per heavy atom. The molecule has 2 amide bonds. The minimum Gasteiger partial charge on any atom is -0.507 e. The lowest BCUT2D eigenvalue weighted by Gasteiger charge is -2.31. The quantitative estimate of drug-likeness (QED) is 0.0832. The van der Waals surface area contributed by atoms with E-state index in [0.717, 1.165) is 71.6 Å². The molecule has 4 aromatic heterocycles. The molecule has 8 rings (SSSR count). The summed E-state index contributed by atoms with van der Waals surface area (Å²) in [6, 6.07) is 17.8. The maximum absolute atomic E-state index is 14.2. The Labute approximate surface area is 353 Å². The Bertz CT molecular complexity index is 2420. The fourth-order valence-corrected chi connectivity index (χ4v) is 9.45. The number of phenolic OH excluding ortho intramolecular Hbond substituents is 1. The van der Waals surface area contributed by atoms with E-state index in [1.54, 1.807) is 29.5 Å². The van der Waals surface area contributed by atoms with Crippen molar-refractivity contribution in [2.75, 3.05) is 32.8 Å². The molecular weight excluding hydrogens is 781 g/mol. The second-order valence-corrected chi connectivity index (χ2v) is 17.2. The predicted molar refractivity (Wildman–Crippen MR) is 229 cm³/mol. The van der Waals surface area contributed by atoms with Crippen molar-refractivity contribution in [3.8, 4) is 33.3 Å². The van der Waals surface area contributed by atoms with Crippen molar-refractivity contribution in [2.45, 2.75) is 83.4 Å². The van der Waals surface area contributed by atoms with Crippen LogP contribution in [0.1, 0.15) is 86.9 Å². The molecule has 2 aromatic carbocycles. The number of aromatic amines is 1. The van der Waals surface area contributed by atoms with Crippen LogP contribution >= 0.6 is 11.3 Å². The number of H-pyrrole nitrogens is 1. The van der Waals surface area contributed by atoms with E-state index in [0.29, 0.717) is 35.4 Å². The monoisotopic (exact) mass is 832 g/mol. The molecule has 14 nitrogen and oxygen atoms in total. The van der Waals surface area contributed by atoms with Crippen LogP contribution in [-0.2, 0) is 9.59 Å². The first-order chi connectivity index (χ1) is 29.0. The molecule has 15 heteroatoms. The molecule has 0 radical (unpaired) electrons. The van der Waals surface area contributed by atoms with E-state index in [1.807, 2.05) is 81.9 Å². The van der Waals surface area contributed by atoms with Gasteiger partial charge in [-0.2, -0.15) is 0 Å². The number of rotatable bonds is 14. The van der Waals surface area contributed by atoms with Gasteiger partial charge in [-0.05, 0) is 98.1 Å². The van der Waals surface area contributed by atoms with Crippen LogP contribution < -0.4 is 10.1 Å². The van der Waals surface area contributed by atoms with Crippen molar-refractivity contribution in [2.24, 2.45) is 5.92 Å². The summed E-state index contributed by atoms with van der Waals surface area (Å²) in [4.78, 5) is 40.5. The summed E-state index contributed by atoms with van der Waals surface area (Å²) in [7, 11) is 0. The normalized spacial score (nSPS) is 18.6. The first-order valence-corrected chi connectivity index (χ1v) is 21.7. The highest BCUT2D eigenvalue weighted by Gasteiger charge is 2.43. The van der Waals surface area contributed by atoms with E-state index in [-0.39, 0.29) is 42.5 Å². The topological polar surface area (TPSA) is 183 Å². The van der Waals surface area contributed by atoms with Crippen LogP contribution in [-0.4, -0.2) is 102 Å². The third kappa shape index (κ3) is 8.79. The van der Waals surface area contributed by atoms with Crippen LogP contribution in [0.5, 0.6) is 11.6 Å². The van der Waals surface area contributed by atoms with Crippen LogP contribution in [0.3, 0.4) is 0 Å². The minimum absolute atomic E-state index is 0.0587. The highest BCUT2D eigenvalue weighted by Crippen LogP contribution is 2.36. The van der Waals surface area contributed by atoms with Crippen molar-refractivity contribution in [1.82, 2.24) is 40.4 Å². The number of phenols is 1. The summed E-state index contributed by atoms with van der Waals surface area (Å²) in [6.45, 7) is 11.0. The summed E-state index contributed by atoms with van der Waals surface area (Å²) < 4.78 is 11.7. The Balaban J connectivity index is 0.820. The maximum Gasteiger partial charge on any atom is 0.254 e. The first kappa shape index (κ1) is 41.1. The van der Waals surface area contributed by atoms with Crippen LogP contribution in [0.25, 0.3) is 32.7 Å². The number of carbonyl (C=O) groups is 2. The molecular formula is C45H52N8O6S. The number of hydrogen-bond donors (Lipinski definition) is 4. The number of piperidine rings is 1. The van der Waals surface area contributed by atoms with Crippen LogP contribution in [0, 0.1) is 12.8 Å². The zero-order chi connectivity index (χ0) is 41.9. The highest BCUT2D eigenvalue weighted by molar-refractivity contribution is 7.13. The van der Waals surface area contributed by atoms with Gasteiger partial charge in [0, 0.05) is 42.7 Å². The number of thiazole rings is 1. The minimum atomic E-state index is -0.821. The molecule has 60 heavy (non-hydrogen) atoms. The number of aryl methyl sites for hydroxylation is 1. The van der Waals surface area contributed by atoms with Crippen molar-refractivity contribution in [1.29, 1.82) is 0 Å². The molecule has 2 saturated heterocycles.